The summed E-state index contributed by atoms with van der Waals surface area (Å²) >= 11 is 0. The van der Waals surface area contributed by atoms with E-state index in [1.807, 2.05) is 13.8 Å². The lowest BCUT2D eigenvalue weighted by Gasteiger charge is -2.32. The molecule has 1 aliphatic rings. The summed E-state index contributed by atoms with van der Waals surface area (Å²) in [5.74, 6) is -0.449. The number of H-pyrrole nitrogens is 1. The van der Waals surface area contributed by atoms with Crippen molar-refractivity contribution in [3.05, 3.63) is 71.3 Å². The molecule has 0 saturated heterocycles. The molecule has 0 spiro atoms. The summed E-state index contributed by atoms with van der Waals surface area (Å²) in [5, 5.41) is 5.46. The number of pyridine rings is 2. The summed E-state index contributed by atoms with van der Waals surface area (Å²) in [6.07, 6.45) is -0.823. The summed E-state index contributed by atoms with van der Waals surface area (Å²) in [6.45, 7) is 3.89. The van der Waals surface area contributed by atoms with E-state index in [1.165, 1.54) is 6.20 Å². The van der Waals surface area contributed by atoms with Crippen LogP contribution in [0.2, 0.25) is 0 Å². The molecular weight excluding hydrogens is 431 g/mol. The van der Waals surface area contributed by atoms with E-state index in [0.717, 1.165) is 0 Å². The predicted octanol–water partition coefficient (Wildman–Crippen LogP) is 5.24. The Hall–Kier alpha value is -3.75. The minimum Gasteiger partial charge on any atom is -0.353 e. The fourth-order valence-corrected chi connectivity index (χ4v) is 4.45. The normalized spacial score (nSPS) is 16.8. The molecular formula is C24H20F3N5O. The van der Waals surface area contributed by atoms with Gasteiger partial charge in [0.2, 0.25) is 0 Å². The molecule has 0 radical (unpaired) electrons. The van der Waals surface area contributed by atoms with Crippen molar-refractivity contribution in [1.29, 1.82) is 0 Å². The first kappa shape index (κ1) is 21.1. The van der Waals surface area contributed by atoms with Crippen LogP contribution in [0, 0.1) is 5.41 Å². The van der Waals surface area contributed by atoms with Crippen LogP contribution >= 0.6 is 0 Å². The zero-order valence-electron chi connectivity index (χ0n) is 17.9. The van der Waals surface area contributed by atoms with Crippen molar-refractivity contribution in [1.82, 2.24) is 20.4 Å². The first-order valence-corrected chi connectivity index (χ1v) is 10.4. The van der Waals surface area contributed by atoms with E-state index in [9.17, 15) is 18.0 Å². The lowest BCUT2D eigenvalue weighted by molar-refractivity contribution is -0.140. The summed E-state index contributed by atoms with van der Waals surface area (Å²) in [4.78, 5) is 23.5. The Labute approximate surface area is 186 Å². The highest BCUT2D eigenvalue weighted by molar-refractivity contribution is 6.21. The van der Waals surface area contributed by atoms with Gasteiger partial charge in [-0.3, -0.25) is 9.78 Å². The standard InChI is InChI=1S/C24H20F3N5O/c1-23(2)10-16-19(17(11-23)31-32-22(33)13-6-5-9-28-12-13)18-14-7-3-4-8-15(14)29-20(18)21(30-16)24(25,26)27/h3-9,12,29H,10-11H2,1-2H3,(H,32,33). The molecule has 1 aromatic carbocycles. The quantitative estimate of drug-likeness (QED) is 0.409. The van der Waals surface area contributed by atoms with Gasteiger partial charge in [-0.25, -0.2) is 10.4 Å². The average Bonchev–Trinajstić information content (AvgIpc) is 3.15. The van der Waals surface area contributed by atoms with Crippen LogP contribution in [0.5, 0.6) is 0 Å². The molecule has 0 saturated carbocycles. The van der Waals surface area contributed by atoms with Crippen molar-refractivity contribution >= 4 is 33.4 Å². The molecule has 33 heavy (non-hydrogen) atoms. The Morgan fingerprint density at radius 3 is 2.67 bits per heavy atom. The number of alkyl halides is 3. The highest BCUT2D eigenvalue weighted by Crippen LogP contribution is 2.43. The second-order valence-electron chi connectivity index (χ2n) is 8.96. The number of amides is 1. The third kappa shape index (κ3) is 3.73. The van der Waals surface area contributed by atoms with Crippen molar-refractivity contribution in [3.8, 4) is 0 Å². The van der Waals surface area contributed by atoms with Crippen LogP contribution in [0.25, 0.3) is 21.8 Å². The number of rotatable bonds is 2. The topological polar surface area (TPSA) is 83.0 Å². The summed E-state index contributed by atoms with van der Waals surface area (Å²) in [7, 11) is 0. The lowest BCUT2D eigenvalue weighted by Crippen LogP contribution is -2.31. The maximum atomic E-state index is 14.0. The first-order valence-electron chi connectivity index (χ1n) is 10.4. The SMILES string of the molecule is CC1(C)CC(=NNC(=O)c2cccnc2)c2c(nc(C(F)(F)F)c3[nH]c4ccccc4c23)C1. The fraction of sp³-hybridized carbons (Fsp3) is 0.250. The van der Waals surface area contributed by atoms with Crippen molar-refractivity contribution in [2.24, 2.45) is 10.5 Å². The number of fused-ring (bicyclic) bond motifs is 5. The molecule has 0 fully saturated rings. The van der Waals surface area contributed by atoms with Crippen LogP contribution in [0.15, 0.2) is 53.9 Å². The summed E-state index contributed by atoms with van der Waals surface area (Å²) in [5.41, 5.74) is 3.42. The number of nitrogens with one attached hydrogen (secondary N) is 2. The number of nitrogens with zero attached hydrogens (tertiary/aromatic N) is 3. The van der Waals surface area contributed by atoms with E-state index in [-0.39, 0.29) is 10.9 Å². The van der Waals surface area contributed by atoms with E-state index in [0.29, 0.717) is 51.7 Å². The minimum absolute atomic E-state index is 0.0755. The minimum atomic E-state index is -4.62. The fourth-order valence-electron chi connectivity index (χ4n) is 4.45. The van der Waals surface area contributed by atoms with Gasteiger partial charge in [-0.05, 0) is 36.5 Å². The Bertz CT molecular complexity index is 1420. The molecule has 168 valence electrons. The molecule has 3 aromatic heterocycles. The van der Waals surface area contributed by atoms with E-state index in [4.69, 9.17) is 0 Å². The number of carbonyl (C=O) groups is 1. The molecule has 3 heterocycles. The number of aromatic nitrogens is 3. The molecule has 4 aromatic rings. The average molecular weight is 451 g/mol. The first-order chi connectivity index (χ1) is 15.6. The molecule has 0 bridgehead atoms. The Morgan fingerprint density at radius 2 is 1.94 bits per heavy atom. The molecule has 0 aliphatic heterocycles. The van der Waals surface area contributed by atoms with Gasteiger partial charge in [0.25, 0.3) is 5.91 Å². The molecule has 1 aliphatic carbocycles. The number of hydrogen-bond donors (Lipinski definition) is 2. The van der Waals surface area contributed by atoms with E-state index < -0.39 is 17.8 Å². The Kier molecular flexibility index (Phi) is 4.73. The summed E-state index contributed by atoms with van der Waals surface area (Å²) < 4.78 is 41.9. The maximum absolute atomic E-state index is 14.0. The second kappa shape index (κ2) is 7.40. The largest absolute Gasteiger partial charge is 0.435 e. The van der Waals surface area contributed by atoms with Crippen molar-refractivity contribution < 1.29 is 18.0 Å². The summed E-state index contributed by atoms with van der Waals surface area (Å²) in [6, 6.07) is 10.3. The molecule has 0 atom stereocenters. The van der Waals surface area contributed by atoms with Gasteiger partial charge in [0.1, 0.15) is 0 Å². The van der Waals surface area contributed by atoms with Crippen molar-refractivity contribution in [2.75, 3.05) is 0 Å². The molecule has 1 amide bonds. The van der Waals surface area contributed by atoms with Gasteiger partial charge in [0.05, 0.1) is 22.5 Å². The number of carbonyl (C=O) groups excluding carboxylic acids is 1. The lowest BCUT2D eigenvalue weighted by atomic mass is 9.74. The Balaban J connectivity index is 1.75. The Morgan fingerprint density at radius 1 is 1.15 bits per heavy atom. The molecule has 5 rings (SSSR count). The highest BCUT2D eigenvalue weighted by Gasteiger charge is 2.40. The molecule has 2 N–H and O–H groups in total. The van der Waals surface area contributed by atoms with Gasteiger partial charge in [0.15, 0.2) is 5.69 Å². The monoisotopic (exact) mass is 451 g/mol. The van der Waals surface area contributed by atoms with Crippen LogP contribution in [-0.4, -0.2) is 26.6 Å². The number of hydrazone groups is 1. The van der Waals surface area contributed by atoms with Crippen molar-refractivity contribution in [2.45, 2.75) is 32.9 Å². The van der Waals surface area contributed by atoms with E-state index in [1.54, 1.807) is 42.6 Å². The van der Waals surface area contributed by atoms with Crippen LogP contribution in [-0.2, 0) is 12.6 Å². The highest BCUT2D eigenvalue weighted by atomic mass is 19.4. The van der Waals surface area contributed by atoms with E-state index in [2.05, 4.69) is 25.5 Å². The zero-order chi connectivity index (χ0) is 23.4. The smallest absolute Gasteiger partial charge is 0.353 e. The van der Waals surface area contributed by atoms with Gasteiger partial charge in [-0.1, -0.05) is 32.0 Å². The predicted molar refractivity (Wildman–Crippen MR) is 119 cm³/mol. The van der Waals surface area contributed by atoms with Gasteiger partial charge in [-0.2, -0.15) is 18.3 Å². The molecule has 9 heteroatoms. The van der Waals surface area contributed by atoms with Crippen LogP contribution in [0.3, 0.4) is 0 Å². The second-order valence-corrected chi connectivity index (χ2v) is 8.96. The molecule has 6 nitrogen and oxygen atoms in total. The molecule has 0 unspecified atom stereocenters. The van der Waals surface area contributed by atoms with Crippen molar-refractivity contribution in [3.63, 3.8) is 0 Å². The number of benzene rings is 1. The van der Waals surface area contributed by atoms with Gasteiger partial charge in [0, 0.05) is 34.2 Å². The number of para-hydroxylation sites is 1. The van der Waals surface area contributed by atoms with Crippen LogP contribution < -0.4 is 5.43 Å². The third-order valence-corrected chi connectivity index (χ3v) is 5.79. The van der Waals surface area contributed by atoms with Gasteiger partial charge >= 0.3 is 6.18 Å². The maximum Gasteiger partial charge on any atom is 0.435 e. The third-order valence-electron chi connectivity index (χ3n) is 5.79. The number of aromatic amines is 1. The zero-order valence-corrected chi connectivity index (χ0v) is 17.9. The van der Waals surface area contributed by atoms with Gasteiger partial charge in [-0.15, -0.1) is 0 Å². The van der Waals surface area contributed by atoms with E-state index >= 15 is 0 Å². The number of halogens is 3. The van der Waals surface area contributed by atoms with Crippen LogP contribution in [0.4, 0.5) is 13.2 Å². The number of hydrogen-bond acceptors (Lipinski definition) is 4. The van der Waals surface area contributed by atoms with Gasteiger partial charge < -0.3 is 4.98 Å². The van der Waals surface area contributed by atoms with Crippen LogP contribution in [0.1, 0.15) is 47.6 Å².